The number of nitrogens with zero attached hydrogens (tertiary/aromatic N) is 1. The molecular weight excluding hydrogens is 428 g/mol. The van der Waals surface area contributed by atoms with Gasteiger partial charge in [0, 0.05) is 15.4 Å². The molecule has 0 aliphatic heterocycles. The molecule has 0 unspecified atom stereocenters. The number of halogens is 1. The molecule has 0 amide bonds. The van der Waals surface area contributed by atoms with Crippen LogP contribution in [-0.2, 0) is 22.6 Å². The van der Waals surface area contributed by atoms with Crippen LogP contribution in [0.25, 0.3) is 10.9 Å². The molecule has 148 valence electrons. The second kappa shape index (κ2) is 8.97. The Labute approximate surface area is 171 Å². The fourth-order valence-electron chi connectivity index (χ4n) is 2.91. The van der Waals surface area contributed by atoms with E-state index in [-0.39, 0.29) is 19.0 Å². The molecule has 0 aliphatic carbocycles. The normalized spacial score (nSPS) is 10.7. The van der Waals surface area contributed by atoms with Crippen LogP contribution in [0.4, 0.5) is 0 Å². The van der Waals surface area contributed by atoms with Crippen molar-refractivity contribution >= 4 is 32.8 Å². The summed E-state index contributed by atoms with van der Waals surface area (Å²) < 4.78 is 22.8. The van der Waals surface area contributed by atoms with E-state index in [1.165, 1.54) is 0 Å². The van der Waals surface area contributed by atoms with E-state index in [1.807, 2.05) is 24.3 Å². The first-order valence-electron chi connectivity index (χ1n) is 8.72. The maximum Gasteiger partial charge on any atom is 0.310 e. The lowest BCUT2D eigenvalue weighted by Gasteiger charge is -2.14. The van der Waals surface area contributed by atoms with Crippen molar-refractivity contribution in [3.8, 4) is 17.2 Å². The first kappa shape index (κ1) is 20.0. The van der Waals surface area contributed by atoms with Crippen LogP contribution in [0, 0.1) is 0 Å². The first-order valence-corrected chi connectivity index (χ1v) is 9.51. The molecule has 0 spiro atoms. The Morgan fingerprint density at radius 1 is 1.18 bits per heavy atom. The number of fused-ring (bicyclic) bond motifs is 1. The lowest BCUT2D eigenvalue weighted by atomic mass is 10.1. The molecular formula is C20H21BrN2O5. The number of H-pyrrole nitrogens is 1. The fourth-order valence-corrected chi connectivity index (χ4v) is 3.35. The van der Waals surface area contributed by atoms with Gasteiger partial charge in [-0.3, -0.25) is 9.89 Å². The van der Waals surface area contributed by atoms with Gasteiger partial charge >= 0.3 is 5.97 Å². The number of aromatic nitrogens is 2. The molecule has 7 nitrogen and oxygen atoms in total. The van der Waals surface area contributed by atoms with Gasteiger partial charge in [0.05, 0.1) is 27.2 Å². The summed E-state index contributed by atoms with van der Waals surface area (Å²) in [4.78, 5) is 11.9. The maximum atomic E-state index is 11.9. The number of para-hydroxylation sites is 1. The number of benzene rings is 2. The number of hydrogen-bond donors (Lipinski definition) is 1. The molecule has 8 heteroatoms. The van der Waals surface area contributed by atoms with Gasteiger partial charge in [0.15, 0.2) is 11.5 Å². The Morgan fingerprint density at radius 2 is 1.96 bits per heavy atom. The van der Waals surface area contributed by atoms with E-state index < -0.39 is 0 Å². The zero-order chi connectivity index (χ0) is 20.1. The number of hydrogen-bond acceptors (Lipinski definition) is 6. The molecule has 1 heterocycles. The largest absolute Gasteiger partial charge is 0.494 e. The smallest absolute Gasteiger partial charge is 0.310 e. The van der Waals surface area contributed by atoms with E-state index >= 15 is 0 Å². The molecule has 3 aromatic rings. The van der Waals surface area contributed by atoms with Gasteiger partial charge in [-0.1, -0.05) is 28.1 Å². The lowest BCUT2D eigenvalue weighted by molar-refractivity contribution is -0.142. The minimum atomic E-state index is -0.320. The number of carbonyl (C=O) groups is 1. The van der Waals surface area contributed by atoms with E-state index in [0.717, 1.165) is 15.4 Å². The summed E-state index contributed by atoms with van der Waals surface area (Å²) in [5, 5.41) is 8.22. The number of rotatable bonds is 8. The number of aromatic amines is 1. The summed E-state index contributed by atoms with van der Waals surface area (Å²) in [6.45, 7) is 2.29. The van der Waals surface area contributed by atoms with E-state index in [4.69, 9.17) is 18.9 Å². The van der Waals surface area contributed by atoms with Gasteiger partial charge in [-0.2, -0.15) is 5.10 Å². The third-order valence-corrected chi connectivity index (χ3v) is 4.63. The van der Waals surface area contributed by atoms with Crippen LogP contribution in [0.2, 0.25) is 0 Å². The minimum absolute atomic E-state index is 0.0983. The summed E-state index contributed by atoms with van der Waals surface area (Å²) >= 11 is 3.48. The topological polar surface area (TPSA) is 82.7 Å². The van der Waals surface area contributed by atoms with Gasteiger partial charge in [0.25, 0.3) is 0 Å². The van der Waals surface area contributed by atoms with Crippen molar-refractivity contribution in [1.82, 2.24) is 10.2 Å². The molecule has 0 aliphatic rings. The third-order valence-electron chi connectivity index (χ3n) is 4.17. The van der Waals surface area contributed by atoms with Crippen molar-refractivity contribution in [2.24, 2.45) is 0 Å². The predicted octanol–water partition coefficient (Wildman–Crippen LogP) is 4.03. The quantitative estimate of drug-likeness (QED) is 0.523. The van der Waals surface area contributed by atoms with Gasteiger partial charge in [-0.05, 0) is 25.1 Å². The molecule has 0 bridgehead atoms. The molecule has 0 saturated carbocycles. The zero-order valence-electron chi connectivity index (χ0n) is 15.9. The van der Waals surface area contributed by atoms with Crippen molar-refractivity contribution in [3.05, 3.63) is 46.1 Å². The number of methoxy groups -OCH3 is 2. The van der Waals surface area contributed by atoms with Crippen molar-refractivity contribution in [2.45, 2.75) is 20.0 Å². The summed E-state index contributed by atoms with van der Waals surface area (Å²) in [5.74, 6) is 1.40. The second-order valence-electron chi connectivity index (χ2n) is 5.92. The van der Waals surface area contributed by atoms with E-state index in [9.17, 15) is 4.79 Å². The van der Waals surface area contributed by atoms with Crippen LogP contribution < -0.4 is 14.2 Å². The van der Waals surface area contributed by atoms with Crippen LogP contribution >= 0.6 is 15.9 Å². The Kier molecular flexibility index (Phi) is 6.41. The SMILES string of the molecule is CCOC(=O)Cc1cccc(OC)c1OCc1n[nH]c2c(OC)cc(Br)cc12. The van der Waals surface area contributed by atoms with Gasteiger partial charge in [-0.15, -0.1) is 0 Å². The summed E-state index contributed by atoms with van der Waals surface area (Å²) in [5.41, 5.74) is 2.19. The van der Waals surface area contributed by atoms with E-state index in [0.29, 0.717) is 35.1 Å². The molecule has 0 fully saturated rings. The molecule has 1 aromatic heterocycles. The van der Waals surface area contributed by atoms with Crippen LogP contribution in [0.15, 0.2) is 34.8 Å². The summed E-state index contributed by atoms with van der Waals surface area (Å²) in [6.07, 6.45) is 0.0983. The zero-order valence-corrected chi connectivity index (χ0v) is 17.5. The lowest BCUT2D eigenvalue weighted by Crippen LogP contribution is -2.10. The molecule has 1 N–H and O–H groups in total. The Balaban J connectivity index is 1.89. The van der Waals surface area contributed by atoms with Crippen molar-refractivity contribution in [3.63, 3.8) is 0 Å². The van der Waals surface area contributed by atoms with Crippen molar-refractivity contribution in [2.75, 3.05) is 20.8 Å². The van der Waals surface area contributed by atoms with Gasteiger partial charge in [0.1, 0.15) is 23.6 Å². The maximum absolute atomic E-state index is 11.9. The molecule has 0 radical (unpaired) electrons. The molecule has 0 atom stereocenters. The summed E-state index contributed by atoms with van der Waals surface area (Å²) in [7, 11) is 3.16. The van der Waals surface area contributed by atoms with Gasteiger partial charge in [-0.25, -0.2) is 0 Å². The van der Waals surface area contributed by atoms with E-state index in [2.05, 4.69) is 26.1 Å². The summed E-state index contributed by atoms with van der Waals surface area (Å²) in [6, 6.07) is 9.22. The average molecular weight is 449 g/mol. The monoisotopic (exact) mass is 448 g/mol. The molecule has 2 aromatic carbocycles. The standard InChI is InChI=1S/C20H21BrN2O5/c1-4-27-18(24)8-12-6-5-7-16(25-2)20(12)28-11-15-14-9-13(21)10-17(26-3)19(14)23-22-15/h5-7,9-10H,4,8,11H2,1-3H3,(H,22,23). The fraction of sp³-hybridized carbons (Fsp3) is 0.300. The number of esters is 1. The Hall–Kier alpha value is -2.74. The van der Waals surface area contributed by atoms with Crippen molar-refractivity contribution in [1.29, 1.82) is 0 Å². The number of ether oxygens (including phenoxy) is 4. The van der Waals surface area contributed by atoms with Crippen molar-refractivity contribution < 1.29 is 23.7 Å². The highest BCUT2D eigenvalue weighted by Gasteiger charge is 2.17. The third kappa shape index (κ3) is 4.22. The van der Waals surface area contributed by atoms with Crippen LogP contribution in [0.1, 0.15) is 18.2 Å². The average Bonchev–Trinajstić information content (AvgIpc) is 3.09. The van der Waals surface area contributed by atoms with Crippen LogP contribution in [0.5, 0.6) is 17.2 Å². The predicted molar refractivity (Wildman–Crippen MR) is 108 cm³/mol. The molecule has 0 saturated heterocycles. The first-order chi connectivity index (χ1) is 13.6. The van der Waals surface area contributed by atoms with Gasteiger partial charge < -0.3 is 18.9 Å². The minimum Gasteiger partial charge on any atom is -0.494 e. The molecule has 28 heavy (non-hydrogen) atoms. The number of nitrogens with one attached hydrogen (secondary N) is 1. The van der Waals surface area contributed by atoms with Crippen LogP contribution in [0.3, 0.4) is 0 Å². The molecule has 3 rings (SSSR count). The highest BCUT2D eigenvalue weighted by Crippen LogP contribution is 2.34. The second-order valence-corrected chi connectivity index (χ2v) is 6.84. The van der Waals surface area contributed by atoms with Gasteiger partial charge in [0.2, 0.25) is 0 Å². The Bertz CT molecular complexity index is 986. The van der Waals surface area contributed by atoms with Crippen LogP contribution in [-0.4, -0.2) is 37.0 Å². The highest BCUT2D eigenvalue weighted by molar-refractivity contribution is 9.10. The Morgan fingerprint density at radius 3 is 2.68 bits per heavy atom. The van der Waals surface area contributed by atoms with E-state index in [1.54, 1.807) is 27.2 Å². The number of carbonyl (C=O) groups excluding carboxylic acids is 1. The highest BCUT2D eigenvalue weighted by atomic mass is 79.9.